The van der Waals surface area contributed by atoms with E-state index in [-0.39, 0.29) is 6.61 Å². The first-order valence-electron chi connectivity index (χ1n) is 5.24. The number of hydrogen-bond acceptors (Lipinski definition) is 3. The summed E-state index contributed by atoms with van der Waals surface area (Å²) in [6.07, 6.45) is 5.08. The standard InChI is InChI=1S/C10H22N2O/c1-12(2)10-5-3-9(4-6-10)11-7-8-13/h9-11,13H,3-8H2,1-2H3. The molecule has 3 nitrogen and oxygen atoms in total. The van der Waals surface area contributed by atoms with Gasteiger partial charge >= 0.3 is 0 Å². The minimum Gasteiger partial charge on any atom is -0.395 e. The van der Waals surface area contributed by atoms with Crippen LogP contribution in [0.15, 0.2) is 0 Å². The molecule has 1 saturated carbocycles. The van der Waals surface area contributed by atoms with E-state index in [1.165, 1.54) is 25.7 Å². The number of nitrogens with zero attached hydrogens (tertiary/aromatic N) is 1. The van der Waals surface area contributed by atoms with Gasteiger partial charge in [-0.25, -0.2) is 0 Å². The second kappa shape index (κ2) is 5.58. The van der Waals surface area contributed by atoms with Crippen molar-refractivity contribution in [3.05, 3.63) is 0 Å². The van der Waals surface area contributed by atoms with Gasteiger partial charge in [0.1, 0.15) is 0 Å². The van der Waals surface area contributed by atoms with Gasteiger partial charge in [0.25, 0.3) is 0 Å². The first kappa shape index (κ1) is 11.0. The van der Waals surface area contributed by atoms with E-state index < -0.39 is 0 Å². The molecule has 0 spiro atoms. The molecule has 0 aliphatic heterocycles. The highest BCUT2D eigenvalue weighted by molar-refractivity contribution is 4.80. The van der Waals surface area contributed by atoms with E-state index in [1.807, 2.05) is 0 Å². The summed E-state index contributed by atoms with van der Waals surface area (Å²) in [5.74, 6) is 0. The van der Waals surface area contributed by atoms with Gasteiger partial charge in [-0.15, -0.1) is 0 Å². The minimum absolute atomic E-state index is 0.258. The zero-order chi connectivity index (χ0) is 9.68. The van der Waals surface area contributed by atoms with Crippen LogP contribution in [0.4, 0.5) is 0 Å². The van der Waals surface area contributed by atoms with Gasteiger partial charge < -0.3 is 15.3 Å². The molecule has 0 atom stereocenters. The van der Waals surface area contributed by atoms with Gasteiger partial charge in [0.05, 0.1) is 6.61 Å². The maximum atomic E-state index is 8.67. The molecule has 1 aliphatic carbocycles. The molecule has 0 aromatic heterocycles. The van der Waals surface area contributed by atoms with Crippen molar-refractivity contribution < 1.29 is 5.11 Å². The maximum absolute atomic E-state index is 8.67. The lowest BCUT2D eigenvalue weighted by atomic mass is 9.90. The summed E-state index contributed by atoms with van der Waals surface area (Å²) in [6, 6.07) is 1.41. The molecule has 0 aromatic carbocycles. The molecule has 13 heavy (non-hydrogen) atoms. The van der Waals surface area contributed by atoms with Gasteiger partial charge in [-0.2, -0.15) is 0 Å². The van der Waals surface area contributed by atoms with Gasteiger partial charge in [0.2, 0.25) is 0 Å². The summed E-state index contributed by atoms with van der Waals surface area (Å²) in [7, 11) is 4.32. The first-order valence-corrected chi connectivity index (χ1v) is 5.24. The highest BCUT2D eigenvalue weighted by Gasteiger charge is 2.21. The molecule has 0 bridgehead atoms. The Labute approximate surface area is 81.1 Å². The average Bonchev–Trinajstić information content (AvgIpc) is 2.15. The summed E-state index contributed by atoms with van der Waals surface area (Å²) >= 11 is 0. The Kier molecular flexibility index (Phi) is 4.70. The van der Waals surface area contributed by atoms with Gasteiger partial charge in [0, 0.05) is 18.6 Å². The summed E-state index contributed by atoms with van der Waals surface area (Å²) in [4.78, 5) is 2.32. The maximum Gasteiger partial charge on any atom is 0.0556 e. The highest BCUT2D eigenvalue weighted by atomic mass is 16.3. The zero-order valence-electron chi connectivity index (χ0n) is 8.79. The predicted molar refractivity (Wildman–Crippen MR) is 54.8 cm³/mol. The van der Waals surface area contributed by atoms with Crippen LogP contribution in [-0.2, 0) is 0 Å². The molecule has 0 saturated heterocycles. The Morgan fingerprint density at radius 1 is 1.23 bits per heavy atom. The number of rotatable bonds is 4. The number of nitrogens with one attached hydrogen (secondary N) is 1. The van der Waals surface area contributed by atoms with E-state index in [0.717, 1.165) is 12.6 Å². The van der Waals surface area contributed by atoms with E-state index in [0.29, 0.717) is 6.04 Å². The van der Waals surface area contributed by atoms with Crippen molar-refractivity contribution in [3.63, 3.8) is 0 Å². The van der Waals surface area contributed by atoms with Gasteiger partial charge in [0.15, 0.2) is 0 Å². The Morgan fingerprint density at radius 2 is 1.85 bits per heavy atom. The Morgan fingerprint density at radius 3 is 2.31 bits per heavy atom. The van der Waals surface area contributed by atoms with Crippen LogP contribution in [0.5, 0.6) is 0 Å². The van der Waals surface area contributed by atoms with Crippen LogP contribution < -0.4 is 5.32 Å². The van der Waals surface area contributed by atoms with Crippen LogP contribution in [0.1, 0.15) is 25.7 Å². The molecular formula is C10H22N2O. The van der Waals surface area contributed by atoms with Crippen molar-refractivity contribution in [3.8, 4) is 0 Å². The molecule has 0 amide bonds. The van der Waals surface area contributed by atoms with Crippen LogP contribution in [0.3, 0.4) is 0 Å². The Balaban J connectivity index is 2.15. The molecule has 1 rings (SSSR count). The third-order valence-electron chi connectivity index (χ3n) is 2.97. The summed E-state index contributed by atoms with van der Waals surface area (Å²) in [5.41, 5.74) is 0. The summed E-state index contributed by atoms with van der Waals surface area (Å²) in [5, 5.41) is 12.0. The topological polar surface area (TPSA) is 35.5 Å². The fourth-order valence-electron chi connectivity index (χ4n) is 2.07. The smallest absolute Gasteiger partial charge is 0.0556 e. The van der Waals surface area contributed by atoms with Crippen LogP contribution >= 0.6 is 0 Å². The number of aliphatic hydroxyl groups is 1. The molecule has 78 valence electrons. The molecule has 0 unspecified atom stereocenters. The van der Waals surface area contributed by atoms with Gasteiger partial charge in [-0.1, -0.05) is 0 Å². The van der Waals surface area contributed by atoms with Gasteiger partial charge in [-0.3, -0.25) is 0 Å². The number of aliphatic hydroxyl groups excluding tert-OH is 1. The number of hydrogen-bond donors (Lipinski definition) is 2. The lowest BCUT2D eigenvalue weighted by Crippen LogP contribution is -2.40. The van der Waals surface area contributed by atoms with Crippen molar-refractivity contribution in [1.29, 1.82) is 0 Å². The van der Waals surface area contributed by atoms with E-state index >= 15 is 0 Å². The Bertz CT molecular complexity index is 131. The fraction of sp³-hybridized carbons (Fsp3) is 1.00. The Hall–Kier alpha value is -0.120. The molecular weight excluding hydrogens is 164 g/mol. The first-order chi connectivity index (χ1) is 6.24. The fourth-order valence-corrected chi connectivity index (χ4v) is 2.07. The summed E-state index contributed by atoms with van der Waals surface area (Å²) < 4.78 is 0. The quantitative estimate of drug-likeness (QED) is 0.669. The van der Waals surface area contributed by atoms with E-state index in [9.17, 15) is 0 Å². The second-order valence-corrected chi connectivity index (χ2v) is 4.15. The zero-order valence-corrected chi connectivity index (χ0v) is 8.79. The monoisotopic (exact) mass is 186 g/mol. The predicted octanol–water partition coefficient (Wildman–Crippen LogP) is 0.441. The lowest BCUT2D eigenvalue weighted by molar-refractivity contribution is 0.198. The van der Waals surface area contributed by atoms with Crippen molar-refractivity contribution >= 4 is 0 Å². The average molecular weight is 186 g/mol. The van der Waals surface area contributed by atoms with Crippen molar-refractivity contribution in [2.45, 2.75) is 37.8 Å². The van der Waals surface area contributed by atoms with Crippen LogP contribution in [-0.4, -0.2) is 49.3 Å². The molecule has 1 aliphatic rings. The minimum atomic E-state index is 0.258. The van der Waals surface area contributed by atoms with E-state index in [4.69, 9.17) is 5.11 Å². The van der Waals surface area contributed by atoms with Crippen molar-refractivity contribution in [2.75, 3.05) is 27.2 Å². The van der Waals surface area contributed by atoms with E-state index in [1.54, 1.807) is 0 Å². The molecule has 2 N–H and O–H groups in total. The third-order valence-corrected chi connectivity index (χ3v) is 2.97. The normalized spacial score (nSPS) is 29.5. The lowest BCUT2D eigenvalue weighted by Gasteiger charge is -2.32. The summed E-state index contributed by atoms with van der Waals surface area (Å²) in [6.45, 7) is 1.00. The van der Waals surface area contributed by atoms with Crippen LogP contribution in [0, 0.1) is 0 Å². The highest BCUT2D eigenvalue weighted by Crippen LogP contribution is 2.21. The van der Waals surface area contributed by atoms with Crippen LogP contribution in [0.25, 0.3) is 0 Å². The van der Waals surface area contributed by atoms with Crippen molar-refractivity contribution in [1.82, 2.24) is 10.2 Å². The van der Waals surface area contributed by atoms with Gasteiger partial charge in [-0.05, 0) is 39.8 Å². The second-order valence-electron chi connectivity index (χ2n) is 4.15. The SMILES string of the molecule is CN(C)C1CCC(NCCO)CC1. The van der Waals surface area contributed by atoms with E-state index in [2.05, 4.69) is 24.3 Å². The van der Waals surface area contributed by atoms with Crippen LogP contribution in [0.2, 0.25) is 0 Å². The largest absolute Gasteiger partial charge is 0.395 e. The van der Waals surface area contributed by atoms with Crippen molar-refractivity contribution in [2.24, 2.45) is 0 Å². The molecule has 0 aromatic rings. The molecule has 3 heteroatoms. The molecule has 1 fully saturated rings. The molecule has 0 radical (unpaired) electrons. The third kappa shape index (κ3) is 3.63. The molecule has 0 heterocycles.